The molecule has 1 fully saturated rings. The number of halogens is 6. The van der Waals surface area contributed by atoms with Crippen molar-refractivity contribution in [1.29, 1.82) is 0 Å². The van der Waals surface area contributed by atoms with Gasteiger partial charge >= 0.3 is 12.4 Å². The molecule has 0 radical (unpaired) electrons. The van der Waals surface area contributed by atoms with E-state index >= 15 is 0 Å². The quantitative estimate of drug-likeness (QED) is 0.192. The lowest BCUT2D eigenvalue weighted by Crippen LogP contribution is -2.49. The Labute approximate surface area is 242 Å². The molecular formula is C34H32F6N2. The molecule has 2 nitrogen and oxygen atoms in total. The number of aryl methyl sites for hydroxylation is 1. The Bertz CT molecular complexity index is 1340. The van der Waals surface area contributed by atoms with Crippen molar-refractivity contribution in [2.75, 3.05) is 26.2 Å². The van der Waals surface area contributed by atoms with Crippen LogP contribution in [0.3, 0.4) is 0 Å². The molecule has 0 aliphatic carbocycles. The third-order valence-corrected chi connectivity index (χ3v) is 7.92. The minimum Gasteiger partial charge on any atom is -0.294 e. The zero-order chi connectivity index (χ0) is 29.7. The van der Waals surface area contributed by atoms with Crippen LogP contribution in [-0.4, -0.2) is 36.0 Å². The summed E-state index contributed by atoms with van der Waals surface area (Å²) in [7, 11) is 0. The number of piperazine rings is 1. The average Bonchev–Trinajstić information content (AvgIpc) is 2.99. The molecule has 0 saturated carbocycles. The fourth-order valence-corrected chi connectivity index (χ4v) is 5.89. The minimum absolute atomic E-state index is 0.0323. The normalized spacial score (nSPS) is 16.1. The second-order valence-corrected chi connectivity index (χ2v) is 10.7. The maximum atomic E-state index is 13.5. The van der Waals surface area contributed by atoms with E-state index in [9.17, 15) is 26.3 Å². The molecule has 8 heteroatoms. The van der Waals surface area contributed by atoms with E-state index in [4.69, 9.17) is 0 Å². The molecule has 1 atom stereocenters. The third-order valence-electron chi connectivity index (χ3n) is 7.92. The van der Waals surface area contributed by atoms with Crippen molar-refractivity contribution in [3.63, 3.8) is 0 Å². The first kappa shape index (κ1) is 29.9. The predicted octanol–water partition coefficient (Wildman–Crippen LogP) is 8.81. The van der Waals surface area contributed by atoms with Crippen molar-refractivity contribution in [3.8, 4) is 0 Å². The van der Waals surface area contributed by atoms with Gasteiger partial charge in [-0.3, -0.25) is 9.80 Å². The zero-order valence-corrected chi connectivity index (χ0v) is 23.0. The lowest BCUT2D eigenvalue weighted by molar-refractivity contribution is -0.143. The van der Waals surface area contributed by atoms with Gasteiger partial charge in [0.2, 0.25) is 0 Å². The highest BCUT2D eigenvalue weighted by Crippen LogP contribution is 2.38. The third kappa shape index (κ3) is 7.23. The van der Waals surface area contributed by atoms with Gasteiger partial charge in [0.05, 0.1) is 17.2 Å². The highest BCUT2D eigenvalue weighted by molar-refractivity contribution is 5.35. The Kier molecular flexibility index (Phi) is 9.04. The summed E-state index contributed by atoms with van der Waals surface area (Å²) in [6.45, 7) is 2.96. The molecule has 0 N–H and O–H groups in total. The lowest BCUT2D eigenvalue weighted by Gasteiger charge is -2.43. The van der Waals surface area contributed by atoms with Gasteiger partial charge in [-0.15, -0.1) is 0 Å². The van der Waals surface area contributed by atoms with Gasteiger partial charge < -0.3 is 0 Å². The molecule has 0 amide bonds. The molecule has 0 spiro atoms. The molecule has 4 aromatic carbocycles. The molecule has 1 aliphatic heterocycles. The van der Waals surface area contributed by atoms with Crippen molar-refractivity contribution in [1.82, 2.24) is 9.80 Å². The van der Waals surface area contributed by atoms with Crippen molar-refractivity contribution in [3.05, 3.63) is 143 Å². The van der Waals surface area contributed by atoms with Crippen molar-refractivity contribution in [2.45, 2.75) is 37.3 Å². The molecule has 1 unspecified atom stereocenters. The molecule has 1 aliphatic rings. The number of nitrogens with zero attached hydrogens (tertiary/aromatic N) is 2. The Hall–Kier alpha value is -3.62. The van der Waals surface area contributed by atoms with Crippen LogP contribution in [0.25, 0.3) is 0 Å². The van der Waals surface area contributed by atoms with Crippen LogP contribution in [0.2, 0.25) is 0 Å². The van der Waals surface area contributed by atoms with Crippen molar-refractivity contribution >= 4 is 0 Å². The molecule has 0 aromatic heterocycles. The van der Waals surface area contributed by atoms with Crippen LogP contribution in [0.1, 0.15) is 51.9 Å². The van der Waals surface area contributed by atoms with E-state index in [1.54, 1.807) is 0 Å². The fourth-order valence-electron chi connectivity index (χ4n) is 5.89. The smallest absolute Gasteiger partial charge is 0.294 e. The number of alkyl halides is 6. The second-order valence-electron chi connectivity index (χ2n) is 10.7. The van der Waals surface area contributed by atoms with Crippen LogP contribution in [0.15, 0.2) is 109 Å². The fraction of sp³-hybridized carbons (Fsp3) is 0.294. The molecule has 42 heavy (non-hydrogen) atoms. The first-order chi connectivity index (χ1) is 20.1. The Morgan fingerprint density at radius 1 is 0.524 bits per heavy atom. The van der Waals surface area contributed by atoms with E-state index in [1.807, 2.05) is 66.7 Å². The van der Waals surface area contributed by atoms with E-state index in [-0.39, 0.29) is 30.1 Å². The van der Waals surface area contributed by atoms with Gasteiger partial charge in [0.1, 0.15) is 0 Å². The summed E-state index contributed by atoms with van der Waals surface area (Å²) in [5.41, 5.74) is 0.875. The van der Waals surface area contributed by atoms with Gasteiger partial charge in [0.15, 0.2) is 0 Å². The van der Waals surface area contributed by atoms with Crippen molar-refractivity contribution in [2.24, 2.45) is 0 Å². The Balaban J connectivity index is 1.36. The zero-order valence-electron chi connectivity index (χ0n) is 23.0. The topological polar surface area (TPSA) is 6.48 Å². The SMILES string of the molecule is FC(F)(F)c1cc(CCC(c2ccccc2)N2CCN(C(c3ccccc3)c3ccccc3)CC2)cc(C(F)(F)F)c1. The second kappa shape index (κ2) is 12.7. The monoisotopic (exact) mass is 582 g/mol. The standard InChI is InChI=1S/C34H32F6N2/c35-33(36,37)29-22-25(23-30(24-29)34(38,39)40)16-17-31(26-10-4-1-5-11-26)41-18-20-42(21-19-41)32(27-12-6-2-7-13-27)28-14-8-3-9-15-28/h1-15,22-24,31-32H,16-21H2. The van der Waals surface area contributed by atoms with E-state index in [0.717, 1.165) is 30.8 Å². The molecule has 4 aromatic rings. The van der Waals surface area contributed by atoms with E-state index in [1.165, 1.54) is 11.1 Å². The molecule has 0 bridgehead atoms. The maximum Gasteiger partial charge on any atom is 0.416 e. The summed E-state index contributed by atoms with van der Waals surface area (Å²) in [6.07, 6.45) is -9.24. The minimum atomic E-state index is -4.86. The van der Waals surface area contributed by atoms with Crippen LogP contribution in [0.5, 0.6) is 0 Å². The summed E-state index contributed by atoms with van der Waals surface area (Å²) in [5, 5.41) is 0. The summed E-state index contributed by atoms with van der Waals surface area (Å²) < 4.78 is 80.7. The van der Waals surface area contributed by atoms with E-state index in [2.05, 4.69) is 34.1 Å². The van der Waals surface area contributed by atoms with Gasteiger partial charge in [0.25, 0.3) is 0 Å². The van der Waals surface area contributed by atoms with Crippen molar-refractivity contribution < 1.29 is 26.3 Å². The van der Waals surface area contributed by atoms with Crippen LogP contribution in [-0.2, 0) is 18.8 Å². The first-order valence-corrected chi connectivity index (χ1v) is 14.0. The molecule has 220 valence electrons. The molecular weight excluding hydrogens is 550 g/mol. The average molecular weight is 583 g/mol. The largest absolute Gasteiger partial charge is 0.416 e. The number of rotatable bonds is 8. The predicted molar refractivity (Wildman–Crippen MR) is 152 cm³/mol. The van der Waals surface area contributed by atoms with E-state index in [0.29, 0.717) is 19.5 Å². The van der Waals surface area contributed by atoms with Gasteiger partial charge in [-0.05, 0) is 53.3 Å². The van der Waals surface area contributed by atoms with Crippen LogP contribution in [0, 0.1) is 0 Å². The molecule has 5 rings (SSSR count). The van der Waals surface area contributed by atoms with E-state index < -0.39 is 23.5 Å². The number of hydrogen-bond donors (Lipinski definition) is 0. The van der Waals surface area contributed by atoms with Gasteiger partial charge in [-0.1, -0.05) is 91.0 Å². The van der Waals surface area contributed by atoms with Gasteiger partial charge in [0, 0.05) is 32.2 Å². The Morgan fingerprint density at radius 3 is 1.36 bits per heavy atom. The Morgan fingerprint density at radius 2 is 0.929 bits per heavy atom. The van der Waals surface area contributed by atoms with Crippen LogP contribution >= 0.6 is 0 Å². The summed E-state index contributed by atoms with van der Waals surface area (Å²) in [6, 6.07) is 32.1. The maximum absolute atomic E-state index is 13.5. The summed E-state index contributed by atoms with van der Waals surface area (Å²) in [4.78, 5) is 4.74. The van der Waals surface area contributed by atoms with Gasteiger partial charge in [-0.25, -0.2) is 0 Å². The molecule has 1 saturated heterocycles. The summed E-state index contributed by atoms with van der Waals surface area (Å²) in [5.74, 6) is 0. The highest BCUT2D eigenvalue weighted by atomic mass is 19.4. The number of benzene rings is 4. The first-order valence-electron chi connectivity index (χ1n) is 14.0. The highest BCUT2D eigenvalue weighted by Gasteiger charge is 2.37. The van der Waals surface area contributed by atoms with Crippen LogP contribution in [0.4, 0.5) is 26.3 Å². The summed E-state index contributed by atoms with van der Waals surface area (Å²) >= 11 is 0. The number of hydrogen-bond acceptors (Lipinski definition) is 2. The lowest BCUT2D eigenvalue weighted by atomic mass is 9.94. The van der Waals surface area contributed by atoms with Crippen LogP contribution < -0.4 is 0 Å². The molecule has 1 heterocycles. The van der Waals surface area contributed by atoms with Gasteiger partial charge in [-0.2, -0.15) is 26.3 Å².